The Morgan fingerprint density at radius 1 is 1.03 bits per heavy atom. The number of ketones is 1. The van der Waals surface area contributed by atoms with Gasteiger partial charge in [-0.2, -0.15) is 0 Å². The largest absolute Gasteiger partial charge is 0.504 e. The summed E-state index contributed by atoms with van der Waals surface area (Å²) in [5.41, 5.74) is 3.17. The number of ether oxygens (including phenoxy) is 2. The van der Waals surface area contributed by atoms with Gasteiger partial charge in [-0.3, -0.25) is 4.79 Å². The van der Waals surface area contributed by atoms with E-state index in [2.05, 4.69) is 11.8 Å². The minimum atomic E-state index is -1.02. The maximum Gasteiger partial charge on any atom is 0.197 e. The maximum absolute atomic E-state index is 12.5. The fourth-order valence-electron chi connectivity index (χ4n) is 4.48. The first-order valence-electron chi connectivity index (χ1n) is 11.4. The van der Waals surface area contributed by atoms with E-state index in [1.807, 2.05) is 6.07 Å². The number of fused-ring (bicyclic) bond motifs is 5. The van der Waals surface area contributed by atoms with Crippen LogP contribution in [0.15, 0.2) is 18.2 Å². The zero-order valence-corrected chi connectivity index (χ0v) is 18.7. The first-order valence-corrected chi connectivity index (χ1v) is 11.4. The monoisotopic (exact) mass is 468 g/mol. The molecule has 1 heterocycles. The number of benzene rings is 2. The number of carbonyl (C=O) groups excluding carboxylic acids is 1. The van der Waals surface area contributed by atoms with E-state index in [4.69, 9.17) is 9.47 Å². The van der Waals surface area contributed by atoms with Gasteiger partial charge in [-0.25, -0.2) is 0 Å². The average molecular weight is 469 g/mol. The number of phenolic OH excluding ortho intramolecular Hbond substituents is 2. The highest BCUT2D eigenvalue weighted by atomic mass is 16.6. The number of hydrogen-bond donors (Lipinski definition) is 5. The van der Waals surface area contributed by atoms with Crippen LogP contribution in [-0.4, -0.2) is 50.5 Å². The van der Waals surface area contributed by atoms with Gasteiger partial charge in [0.2, 0.25) is 0 Å². The number of Topliss-reactive ketones (excluding diaryl/α,β-unsaturated/α-hetero) is 1. The smallest absolute Gasteiger partial charge is 0.197 e. The number of aliphatic hydroxyl groups excluding tert-OH is 3. The molecule has 0 fully saturated rings. The van der Waals surface area contributed by atoms with Gasteiger partial charge in [-0.1, -0.05) is 24.0 Å². The van der Waals surface area contributed by atoms with E-state index in [1.54, 1.807) is 6.07 Å². The first-order chi connectivity index (χ1) is 16.4. The molecular formula is C26H28O8. The molecule has 4 rings (SSSR count). The van der Waals surface area contributed by atoms with Crippen molar-refractivity contribution in [3.63, 3.8) is 0 Å². The molecular weight excluding hydrogens is 440 g/mol. The molecule has 0 aromatic heterocycles. The van der Waals surface area contributed by atoms with Gasteiger partial charge >= 0.3 is 0 Å². The Morgan fingerprint density at radius 3 is 2.65 bits per heavy atom. The molecule has 0 spiro atoms. The van der Waals surface area contributed by atoms with Crippen LogP contribution in [0, 0.1) is 11.8 Å². The lowest BCUT2D eigenvalue weighted by atomic mass is 9.91. The Bertz CT molecular complexity index is 1140. The molecule has 0 radical (unpaired) electrons. The molecule has 8 nitrogen and oxygen atoms in total. The summed E-state index contributed by atoms with van der Waals surface area (Å²) in [6.45, 7) is -0.661. The van der Waals surface area contributed by atoms with E-state index in [1.165, 1.54) is 6.07 Å². The normalized spacial score (nSPS) is 20.5. The predicted octanol–water partition coefficient (Wildman–Crippen LogP) is 1.86. The van der Waals surface area contributed by atoms with Gasteiger partial charge < -0.3 is 35.0 Å². The standard InChI is InChI=1S/C26H28O8/c27-14-33-25-20-3-1-2-17-12-16(21-9-11-23(31)34-26(21)24(17)32)5-8-19(29)13-18(28)7-4-15(20)6-10-22(25)30/h6,10,12,19,23,27,29-32H,2,4-5,7-9,11,13-14H2/t19-,23+/m1/s1. The van der Waals surface area contributed by atoms with Crippen LogP contribution in [0.5, 0.6) is 23.0 Å². The molecule has 2 atom stereocenters. The quantitative estimate of drug-likeness (QED) is 0.333. The lowest BCUT2D eigenvalue weighted by molar-refractivity contribution is -0.121. The molecule has 2 bridgehead atoms. The van der Waals surface area contributed by atoms with Crippen molar-refractivity contribution in [3.8, 4) is 34.8 Å². The van der Waals surface area contributed by atoms with E-state index >= 15 is 0 Å². The highest BCUT2D eigenvalue weighted by Crippen LogP contribution is 2.41. The highest BCUT2D eigenvalue weighted by molar-refractivity contribution is 5.79. The molecule has 34 heavy (non-hydrogen) atoms. The highest BCUT2D eigenvalue weighted by Gasteiger charge is 2.26. The van der Waals surface area contributed by atoms with E-state index in [-0.39, 0.29) is 48.0 Å². The SMILES string of the molecule is O=C1CCc2ccc(O)c(OCO)c2C#CCc2cc(c3c(c2O)O[C@H](O)CC3)CC[C@@H](O)C1. The number of hydrogen-bond acceptors (Lipinski definition) is 8. The van der Waals surface area contributed by atoms with Crippen LogP contribution in [0.1, 0.15) is 53.5 Å². The van der Waals surface area contributed by atoms with Crippen molar-refractivity contribution < 1.29 is 39.8 Å². The summed E-state index contributed by atoms with van der Waals surface area (Å²) in [6, 6.07) is 4.89. The Kier molecular flexibility index (Phi) is 7.27. The second-order valence-electron chi connectivity index (χ2n) is 8.60. The summed E-state index contributed by atoms with van der Waals surface area (Å²) < 4.78 is 10.7. The molecule has 5 N–H and O–H groups in total. The predicted molar refractivity (Wildman–Crippen MR) is 122 cm³/mol. The van der Waals surface area contributed by atoms with Gasteiger partial charge in [0.1, 0.15) is 5.78 Å². The molecule has 0 unspecified atom stereocenters. The second kappa shape index (κ2) is 10.3. The average Bonchev–Trinajstić information content (AvgIpc) is 2.81. The zero-order chi connectivity index (χ0) is 24.2. The summed E-state index contributed by atoms with van der Waals surface area (Å²) in [7, 11) is 0. The number of aryl methyl sites for hydroxylation is 2. The van der Waals surface area contributed by atoms with Crippen LogP contribution in [0.4, 0.5) is 0 Å². The van der Waals surface area contributed by atoms with E-state index in [0.717, 1.165) is 11.1 Å². The molecule has 2 aliphatic rings. The minimum Gasteiger partial charge on any atom is -0.504 e. The Balaban J connectivity index is 1.80. The minimum absolute atomic E-state index is 0.0153. The van der Waals surface area contributed by atoms with Crippen LogP contribution in [0.3, 0.4) is 0 Å². The second-order valence-corrected chi connectivity index (χ2v) is 8.60. The number of phenols is 2. The van der Waals surface area contributed by atoms with E-state index < -0.39 is 19.2 Å². The van der Waals surface area contributed by atoms with Gasteiger partial charge in [0.05, 0.1) is 11.7 Å². The fraction of sp³-hybridized carbons (Fsp3) is 0.423. The van der Waals surface area contributed by atoms with Crippen LogP contribution in [-0.2, 0) is 30.5 Å². The summed E-state index contributed by atoms with van der Waals surface area (Å²) in [5, 5.41) is 50.7. The van der Waals surface area contributed by atoms with Crippen molar-refractivity contribution >= 4 is 5.78 Å². The van der Waals surface area contributed by atoms with Gasteiger partial charge in [0, 0.05) is 36.8 Å². The summed E-state index contributed by atoms with van der Waals surface area (Å²) in [5.74, 6) is 5.83. The molecule has 1 aliphatic carbocycles. The van der Waals surface area contributed by atoms with Crippen molar-refractivity contribution in [3.05, 3.63) is 46.0 Å². The zero-order valence-electron chi connectivity index (χ0n) is 18.7. The van der Waals surface area contributed by atoms with Crippen molar-refractivity contribution in [2.24, 2.45) is 0 Å². The Morgan fingerprint density at radius 2 is 1.85 bits per heavy atom. The van der Waals surface area contributed by atoms with Crippen LogP contribution < -0.4 is 9.47 Å². The summed E-state index contributed by atoms with van der Waals surface area (Å²) in [4.78, 5) is 12.5. The lowest BCUT2D eigenvalue weighted by Gasteiger charge is -2.26. The van der Waals surface area contributed by atoms with E-state index in [0.29, 0.717) is 48.8 Å². The Labute approximate surface area is 197 Å². The molecule has 180 valence electrons. The number of aliphatic hydroxyl groups is 3. The number of aromatic hydroxyl groups is 2. The fourth-order valence-corrected chi connectivity index (χ4v) is 4.48. The molecule has 8 heteroatoms. The number of rotatable bonds is 2. The lowest BCUT2D eigenvalue weighted by Crippen LogP contribution is -2.23. The molecule has 0 saturated carbocycles. The third-order valence-electron chi connectivity index (χ3n) is 6.23. The summed E-state index contributed by atoms with van der Waals surface area (Å²) >= 11 is 0. The summed E-state index contributed by atoms with van der Waals surface area (Å²) in [6.07, 6.45) is 0.614. The van der Waals surface area contributed by atoms with Crippen molar-refractivity contribution in [1.82, 2.24) is 0 Å². The molecule has 0 amide bonds. The van der Waals surface area contributed by atoms with Gasteiger partial charge in [-0.15, -0.1) is 0 Å². The Hall–Kier alpha value is -3.25. The maximum atomic E-state index is 12.5. The van der Waals surface area contributed by atoms with E-state index in [9.17, 15) is 30.3 Å². The van der Waals surface area contributed by atoms with Crippen molar-refractivity contribution in [2.75, 3.05) is 6.79 Å². The topological polar surface area (TPSA) is 137 Å². The van der Waals surface area contributed by atoms with Crippen LogP contribution in [0.2, 0.25) is 0 Å². The first kappa shape index (κ1) is 23.9. The van der Waals surface area contributed by atoms with Crippen molar-refractivity contribution in [2.45, 2.75) is 63.8 Å². The molecule has 0 saturated heterocycles. The molecule has 2 aromatic rings. The van der Waals surface area contributed by atoms with Gasteiger partial charge in [-0.05, 0) is 42.9 Å². The van der Waals surface area contributed by atoms with Crippen LogP contribution in [0.25, 0.3) is 0 Å². The van der Waals surface area contributed by atoms with Gasteiger partial charge in [0.25, 0.3) is 0 Å². The third-order valence-corrected chi connectivity index (χ3v) is 6.23. The van der Waals surface area contributed by atoms with Crippen LogP contribution >= 0.6 is 0 Å². The molecule has 2 aromatic carbocycles. The number of carbonyl (C=O) groups is 1. The molecule has 1 aliphatic heterocycles. The third kappa shape index (κ3) is 5.12. The van der Waals surface area contributed by atoms with Crippen molar-refractivity contribution in [1.29, 1.82) is 0 Å². The van der Waals surface area contributed by atoms with Gasteiger partial charge in [0.15, 0.2) is 36.1 Å².